The standard InChI is InChI=1S/C25H24N4O4S/c1-32-21-5-3-2-4-18(21)6-7-23(30)28-24-20(14-26)19-10-13-29(15-22(19)34-24)25(31)33-16-17-8-11-27-12-9-17/h2-5,8-9,11-12H,6-7,10,13,15-16H2,1H3,(H,28,30). The maximum absolute atomic E-state index is 12.6. The van der Waals surface area contributed by atoms with Gasteiger partial charge in [-0.2, -0.15) is 5.26 Å². The summed E-state index contributed by atoms with van der Waals surface area (Å²) in [6, 6.07) is 13.4. The smallest absolute Gasteiger partial charge is 0.410 e. The molecule has 1 aliphatic heterocycles. The normalized spacial score (nSPS) is 12.4. The first kappa shape index (κ1) is 23.3. The Bertz CT molecular complexity index is 1220. The summed E-state index contributed by atoms with van der Waals surface area (Å²) < 4.78 is 10.8. The Morgan fingerprint density at radius 2 is 2.03 bits per heavy atom. The number of para-hydroxylation sites is 1. The molecule has 8 nitrogen and oxygen atoms in total. The number of pyridine rings is 1. The molecule has 0 unspecified atom stereocenters. The third kappa shape index (κ3) is 5.35. The summed E-state index contributed by atoms with van der Waals surface area (Å²) in [6.07, 6.45) is 4.23. The van der Waals surface area contributed by atoms with E-state index in [0.717, 1.165) is 27.3 Å². The van der Waals surface area contributed by atoms with Gasteiger partial charge in [0.05, 0.1) is 19.2 Å². The first-order valence-electron chi connectivity index (χ1n) is 10.9. The van der Waals surface area contributed by atoms with Crippen LogP contribution in [0.15, 0.2) is 48.8 Å². The van der Waals surface area contributed by atoms with Crippen molar-refractivity contribution >= 4 is 28.3 Å². The number of hydrogen-bond donors (Lipinski definition) is 1. The average Bonchev–Trinajstić information content (AvgIpc) is 3.22. The van der Waals surface area contributed by atoms with Crippen LogP contribution < -0.4 is 10.1 Å². The lowest BCUT2D eigenvalue weighted by atomic mass is 10.0. The van der Waals surface area contributed by atoms with Crippen LogP contribution in [0.3, 0.4) is 0 Å². The molecule has 34 heavy (non-hydrogen) atoms. The lowest BCUT2D eigenvalue weighted by molar-refractivity contribution is -0.116. The number of anilines is 1. The van der Waals surface area contributed by atoms with Crippen LogP contribution in [0.25, 0.3) is 0 Å². The van der Waals surface area contributed by atoms with E-state index >= 15 is 0 Å². The van der Waals surface area contributed by atoms with Gasteiger partial charge in [-0.15, -0.1) is 11.3 Å². The molecule has 0 atom stereocenters. The van der Waals surface area contributed by atoms with E-state index in [0.29, 0.717) is 36.5 Å². The third-order valence-electron chi connectivity index (χ3n) is 5.61. The van der Waals surface area contributed by atoms with E-state index in [1.165, 1.54) is 11.3 Å². The van der Waals surface area contributed by atoms with Gasteiger partial charge < -0.3 is 19.7 Å². The van der Waals surface area contributed by atoms with Gasteiger partial charge in [0.1, 0.15) is 23.4 Å². The van der Waals surface area contributed by atoms with E-state index in [1.807, 2.05) is 24.3 Å². The van der Waals surface area contributed by atoms with Crippen LogP contribution in [0, 0.1) is 11.3 Å². The van der Waals surface area contributed by atoms with Gasteiger partial charge in [-0.3, -0.25) is 9.78 Å². The van der Waals surface area contributed by atoms with Gasteiger partial charge in [0.2, 0.25) is 5.91 Å². The number of aryl methyl sites for hydroxylation is 1. The summed E-state index contributed by atoms with van der Waals surface area (Å²) in [5, 5.41) is 13.1. The highest BCUT2D eigenvalue weighted by atomic mass is 32.1. The van der Waals surface area contributed by atoms with Crippen molar-refractivity contribution in [3.05, 3.63) is 75.9 Å². The van der Waals surface area contributed by atoms with Crippen LogP contribution in [-0.2, 0) is 35.5 Å². The topological polar surface area (TPSA) is 105 Å². The zero-order valence-electron chi connectivity index (χ0n) is 18.7. The van der Waals surface area contributed by atoms with Crippen molar-refractivity contribution in [2.45, 2.75) is 32.4 Å². The molecule has 2 aromatic heterocycles. The number of nitriles is 1. The Balaban J connectivity index is 1.37. The molecule has 3 heterocycles. The maximum atomic E-state index is 12.6. The molecule has 0 bridgehead atoms. The molecule has 0 aliphatic carbocycles. The summed E-state index contributed by atoms with van der Waals surface area (Å²) >= 11 is 1.34. The molecule has 1 N–H and O–H groups in total. The zero-order chi connectivity index (χ0) is 23.9. The van der Waals surface area contributed by atoms with Crippen molar-refractivity contribution < 1.29 is 19.1 Å². The van der Waals surface area contributed by atoms with E-state index in [2.05, 4.69) is 16.4 Å². The van der Waals surface area contributed by atoms with E-state index in [4.69, 9.17) is 9.47 Å². The van der Waals surface area contributed by atoms with Crippen molar-refractivity contribution in [2.24, 2.45) is 0 Å². The number of hydrogen-bond acceptors (Lipinski definition) is 7. The number of nitrogens with zero attached hydrogens (tertiary/aromatic N) is 3. The molecule has 0 radical (unpaired) electrons. The summed E-state index contributed by atoms with van der Waals surface area (Å²) in [5.41, 5.74) is 3.19. The number of carbonyl (C=O) groups excluding carboxylic acids is 2. The highest BCUT2D eigenvalue weighted by Gasteiger charge is 2.28. The maximum Gasteiger partial charge on any atom is 0.410 e. The number of ether oxygens (including phenoxy) is 2. The molecule has 2 amide bonds. The van der Waals surface area contributed by atoms with Gasteiger partial charge in [-0.05, 0) is 47.7 Å². The first-order valence-corrected chi connectivity index (χ1v) is 11.7. The summed E-state index contributed by atoms with van der Waals surface area (Å²) in [7, 11) is 1.60. The van der Waals surface area contributed by atoms with Gasteiger partial charge in [0.15, 0.2) is 0 Å². The first-order chi connectivity index (χ1) is 16.6. The largest absolute Gasteiger partial charge is 0.496 e. The van der Waals surface area contributed by atoms with E-state index < -0.39 is 6.09 Å². The highest BCUT2D eigenvalue weighted by Crippen LogP contribution is 2.37. The number of fused-ring (bicyclic) bond motifs is 1. The van der Waals surface area contributed by atoms with Crippen LogP contribution in [0.1, 0.15) is 33.6 Å². The molecule has 0 saturated heterocycles. The van der Waals surface area contributed by atoms with Crippen molar-refractivity contribution in [1.82, 2.24) is 9.88 Å². The van der Waals surface area contributed by atoms with Gasteiger partial charge in [-0.1, -0.05) is 18.2 Å². The second-order valence-corrected chi connectivity index (χ2v) is 8.87. The number of carbonyl (C=O) groups is 2. The molecule has 4 rings (SSSR count). The minimum absolute atomic E-state index is 0.172. The second kappa shape index (κ2) is 10.8. The molecule has 0 fully saturated rings. The molecule has 3 aromatic rings. The Morgan fingerprint density at radius 3 is 2.79 bits per heavy atom. The lowest BCUT2D eigenvalue weighted by Crippen LogP contribution is -2.35. The van der Waals surface area contributed by atoms with Crippen LogP contribution in [-0.4, -0.2) is 35.5 Å². The van der Waals surface area contributed by atoms with Crippen molar-refractivity contribution in [3.63, 3.8) is 0 Å². The van der Waals surface area contributed by atoms with E-state index in [1.54, 1.807) is 36.5 Å². The fourth-order valence-electron chi connectivity index (χ4n) is 3.83. The molecular weight excluding hydrogens is 452 g/mol. The Labute approximate surface area is 201 Å². The molecule has 0 spiro atoms. The number of thiophene rings is 1. The van der Waals surface area contributed by atoms with Crippen LogP contribution in [0.5, 0.6) is 5.75 Å². The zero-order valence-corrected chi connectivity index (χ0v) is 19.6. The number of rotatable bonds is 7. The molecule has 1 aliphatic rings. The second-order valence-electron chi connectivity index (χ2n) is 7.76. The molecule has 1 aromatic carbocycles. The molecule has 9 heteroatoms. The van der Waals surface area contributed by atoms with Gasteiger partial charge in [-0.25, -0.2) is 4.79 Å². The number of methoxy groups -OCH3 is 1. The summed E-state index contributed by atoms with van der Waals surface area (Å²) in [6.45, 7) is 0.974. The monoisotopic (exact) mass is 476 g/mol. The van der Waals surface area contributed by atoms with Crippen LogP contribution in [0.4, 0.5) is 9.80 Å². The minimum Gasteiger partial charge on any atom is -0.496 e. The van der Waals surface area contributed by atoms with Gasteiger partial charge >= 0.3 is 6.09 Å². The fraction of sp³-hybridized carbons (Fsp3) is 0.280. The minimum atomic E-state index is -0.406. The quantitative estimate of drug-likeness (QED) is 0.546. The number of benzene rings is 1. The Hall–Kier alpha value is -3.90. The predicted octanol–water partition coefficient (Wildman–Crippen LogP) is 4.29. The number of aromatic nitrogens is 1. The Kier molecular flexibility index (Phi) is 7.40. The average molecular weight is 477 g/mol. The van der Waals surface area contributed by atoms with Crippen molar-refractivity contribution in [2.75, 3.05) is 19.0 Å². The highest BCUT2D eigenvalue weighted by molar-refractivity contribution is 7.16. The summed E-state index contributed by atoms with van der Waals surface area (Å²) in [5.74, 6) is 0.574. The Morgan fingerprint density at radius 1 is 1.24 bits per heavy atom. The van der Waals surface area contributed by atoms with E-state index in [9.17, 15) is 14.9 Å². The number of nitrogens with one attached hydrogen (secondary N) is 1. The van der Waals surface area contributed by atoms with Crippen LogP contribution in [0.2, 0.25) is 0 Å². The van der Waals surface area contributed by atoms with Crippen molar-refractivity contribution in [3.8, 4) is 11.8 Å². The van der Waals surface area contributed by atoms with Crippen LogP contribution >= 0.6 is 11.3 Å². The van der Waals surface area contributed by atoms with Crippen molar-refractivity contribution in [1.29, 1.82) is 5.26 Å². The van der Waals surface area contributed by atoms with E-state index in [-0.39, 0.29) is 18.9 Å². The number of amides is 2. The van der Waals surface area contributed by atoms with Gasteiger partial charge in [0.25, 0.3) is 0 Å². The predicted molar refractivity (Wildman–Crippen MR) is 128 cm³/mol. The van der Waals surface area contributed by atoms with Gasteiger partial charge in [0, 0.05) is 30.2 Å². The SMILES string of the molecule is COc1ccccc1CCC(=O)Nc1sc2c(c1C#N)CCN(C(=O)OCc1ccncc1)C2. The molecular formula is C25H24N4O4S. The molecule has 174 valence electrons. The lowest BCUT2D eigenvalue weighted by Gasteiger charge is -2.26. The summed E-state index contributed by atoms with van der Waals surface area (Å²) in [4.78, 5) is 31.6. The third-order valence-corrected chi connectivity index (χ3v) is 6.74. The fourth-order valence-corrected chi connectivity index (χ4v) is 5.06. The molecule has 0 saturated carbocycles.